The van der Waals surface area contributed by atoms with Gasteiger partial charge in [-0.3, -0.25) is 4.79 Å². The molecule has 0 atom stereocenters. The van der Waals surface area contributed by atoms with Crippen molar-refractivity contribution in [3.63, 3.8) is 0 Å². The fourth-order valence-corrected chi connectivity index (χ4v) is 3.35. The number of thiophene rings is 1. The largest absolute Gasteiger partial charge is 0.478 e. The summed E-state index contributed by atoms with van der Waals surface area (Å²) in [5.41, 5.74) is 1.96. The van der Waals surface area contributed by atoms with Gasteiger partial charge in [0.1, 0.15) is 5.00 Å². The number of carbonyl (C=O) groups is 2. The summed E-state index contributed by atoms with van der Waals surface area (Å²) < 4.78 is 0. The zero-order chi connectivity index (χ0) is 17.2. The molecule has 1 amide bonds. The minimum atomic E-state index is -1.03. The highest BCUT2D eigenvalue weighted by atomic mass is 32.1. The molecule has 0 saturated heterocycles. The number of carboxylic acid groups (broad SMARTS) is 1. The number of rotatable bonds is 4. The first-order valence-corrected chi connectivity index (χ1v) is 8.06. The Morgan fingerprint density at radius 2 is 1.74 bits per heavy atom. The van der Waals surface area contributed by atoms with Gasteiger partial charge in [0.25, 0.3) is 5.91 Å². The fraction of sp³-hybridized carbons (Fsp3) is 0.294. The van der Waals surface area contributed by atoms with Crippen LogP contribution in [0, 0.1) is 0 Å². The van der Waals surface area contributed by atoms with Crippen LogP contribution in [-0.2, 0) is 5.41 Å². The molecule has 0 fully saturated rings. The van der Waals surface area contributed by atoms with Gasteiger partial charge >= 0.3 is 5.97 Å². The smallest absolute Gasteiger partial charge is 0.339 e. The van der Waals surface area contributed by atoms with E-state index in [1.807, 2.05) is 20.8 Å². The normalized spacial score (nSPS) is 11.1. The molecule has 1 aromatic heterocycles. The SMILES string of the molecule is CNc1ccc(C(=O)Nc2scc(C(C)(C)C)c2C(=O)O)cc1. The van der Waals surface area contributed by atoms with E-state index in [1.54, 1.807) is 36.7 Å². The minimum absolute atomic E-state index is 0.169. The van der Waals surface area contributed by atoms with E-state index < -0.39 is 5.97 Å². The molecule has 23 heavy (non-hydrogen) atoms. The van der Waals surface area contributed by atoms with Crippen molar-refractivity contribution in [3.8, 4) is 0 Å². The van der Waals surface area contributed by atoms with E-state index in [1.165, 1.54) is 11.3 Å². The number of aromatic carboxylic acids is 1. The van der Waals surface area contributed by atoms with E-state index in [2.05, 4.69) is 10.6 Å². The van der Waals surface area contributed by atoms with Gasteiger partial charge in [-0.15, -0.1) is 11.3 Å². The second-order valence-corrected chi connectivity index (χ2v) is 7.07. The number of nitrogens with one attached hydrogen (secondary N) is 2. The predicted octanol–water partition coefficient (Wildman–Crippen LogP) is 4.04. The van der Waals surface area contributed by atoms with Crippen LogP contribution in [0.25, 0.3) is 0 Å². The Bertz CT molecular complexity index is 727. The number of anilines is 2. The molecule has 0 unspecified atom stereocenters. The fourth-order valence-electron chi connectivity index (χ4n) is 2.18. The van der Waals surface area contributed by atoms with Crippen LogP contribution in [0.5, 0.6) is 0 Å². The summed E-state index contributed by atoms with van der Waals surface area (Å²) in [5.74, 6) is -1.35. The molecule has 0 radical (unpaired) electrons. The van der Waals surface area contributed by atoms with Crippen LogP contribution in [-0.4, -0.2) is 24.0 Å². The molecule has 5 nitrogen and oxygen atoms in total. The van der Waals surface area contributed by atoms with Gasteiger partial charge in [0, 0.05) is 18.3 Å². The van der Waals surface area contributed by atoms with E-state index in [4.69, 9.17) is 0 Å². The lowest BCUT2D eigenvalue weighted by atomic mass is 9.86. The molecule has 0 aliphatic heterocycles. The number of carbonyl (C=O) groups excluding carboxylic acids is 1. The van der Waals surface area contributed by atoms with Crippen molar-refractivity contribution in [2.24, 2.45) is 0 Å². The average Bonchev–Trinajstić information content (AvgIpc) is 2.91. The van der Waals surface area contributed by atoms with Crippen LogP contribution < -0.4 is 10.6 Å². The third-order valence-electron chi connectivity index (χ3n) is 3.48. The maximum absolute atomic E-state index is 12.3. The minimum Gasteiger partial charge on any atom is -0.478 e. The average molecular weight is 332 g/mol. The first kappa shape index (κ1) is 17.0. The summed E-state index contributed by atoms with van der Waals surface area (Å²) in [5, 5.41) is 17.4. The summed E-state index contributed by atoms with van der Waals surface area (Å²) in [7, 11) is 1.80. The molecule has 0 saturated carbocycles. The molecule has 2 rings (SSSR count). The number of hydrogen-bond acceptors (Lipinski definition) is 4. The lowest BCUT2D eigenvalue weighted by Crippen LogP contribution is -2.18. The molecule has 1 aromatic carbocycles. The highest BCUT2D eigenvalue weighted by molar-refractivity contribution is 7.15. The number of benzene rings is 1. The maximum atomic E-state index is 12.3. The molecule has 122 valence electrons. The molecule has 6 heteroatoms. The second-order valence-electron chi connectivity index (χ2n) is 6.19. The lowest BCUT2D eigenvalue weighted by Gasteiger charge is -2.18. The molecule has 0 aliphatic carbocycles. The lowest BCUT2D eigenvalue weighted by molar-refractivity contribution is 0.0696. The molecule has 2 aromatic rings. The van der Waals surface area contributed by atoms with E-state index in [0.29, 0.717) is 10.6 Å². The first-order valence-electron chi connectivity index (χ1n) is 7.18. The highest BCUT2D eigenvalue weighted by Crippen LogP contribution is 2.36. The van der Waals surface area contributed by atoms with Crippen LogP contribution >= 0.6 is 11.3 Å². The van der Waals surface area contributed by atoms with E-state index in [9.17, 15) is 14.7 Å². The van der Waals surface area contributed by atoms with Crippen LogP contribution in [0.2, 0.25) is 0 Å². The monoisotopic (exact) mass is 332 g/mol. The molecule has 0 bridgehead atoms. The molecular formula is C17H20N2O3S. The molecular weight excluding hydrogens is 312 g/mol. The van der Waals surface area contributed by atoms with Crippen LogP contribution in [0.4, 0.5) is 10.7 Å². The van der Waals surface area contributed by atoms with Gasteiger partial charge in [0.05, 0.1) is 5.56 Å². The Labute approximate surface area is 139 Å². The van der Waals surface area contributed by atoms with Gasteiger partial charge in [-0.25, -0.2) is 4.79 Å². The van der Waals surface area contributed by atoms with Gasteiger partial charge in [-0.05, 0) is 40.6 Å². The maximum Gasteiger partial charge on any atom is 0.339 e. The Morgan fingerprint density at radius 1 is 1.13 bits per heavy atom. The Balaban J connectivity index is 2.30. The zero-order valence-electron chi connectivity index (χ0n) is 13.6. The van der Waals surface area contributed by atoms with Crippen molar-refractivity contribution >= 4 is 33.9 Å². The Hall–Kier alpha value is -2.34. The van der Waals surface area contributed by atoms with E-state index >= 15 is 0 Å². The highest BCUT2D eigenvalue weighted by Gasteiger charge is 2.27. The van der Waals surface area contributed by atoms with Crippen LogP contribution in [0.3, 0.4) is 0 Å². The van der Waals surface area contributed by atoms with Crippen molar-refractivity contribution in [3.05, 3.63) is 46.3 Å². The summed E-state index contributed by atoms with van der Waals surface area (Å²) >= 11 is 1.24. The third-order valence-corrected chi connectivity index (χ3v) is 4.37. The predicted molar refractivity (Wildman–Crippen MR) is 93.9 cm³/mol. The molecule has 0 aliphatic rings. The Morgan fingerprint density at radius 3 is 2.22 bits per heavy atom. The zero-order valence-corrected chi connectivity index (χ0v) is 14.4. The van der Waals surface area contributed by atoms with Crippen LogP contribution in [0.1, 0.15) is 47.1 Å². The van der Waals surface area contributed by atoms with Gasteiger partial charge in [0.15, 0.2) is 0 Å². The number of hydrogen-bond donors (Lipinski definition) is 3. The van der Waals surface area contributed by atoms with Gasteiger partial charge in [0.2, 0.25) is 0 Å². The summed E-state index contributed by atoms with van der Waals surface area (Å²) in [6.07, 6.45) is 0. The van der Waals surface area contributed by atoms with Gasteiger partial charge < -0.3 is 15.7 Å². The van der Waals surface area contributed by atoms with Gasteiger partial charge in [-0.1, -0.05) is 20.8 Å². The van der Waals surface area contributed by atoms with Crippen molar-refractivity contribution in [2.75, 3.05) is 17.7 Å². The van der Waals surface area contributed by atoms with Gasteiger partial charge in [-0.2, -0.15) is 0 Å². The molecule has 1 heterocycles. The van der Waals surface area contributed by atoms with Crippen molar-refractivity contribution in [1.29, 1.82) is 0 Å². The molecule has 3 N–H and O–H groups in total. The van der Waals surface area contributed by atoms with Crippen molar-refractivity contribution in [2.45, 2.75) is 26.2 Å². The summed E-state index contributed by atoms with van der Waals surface area (Å²) in [6.45, 7) is 5.84. The molecule has 0 spiro atoms. The quantitative estimate of drug-likeness (QED) is 0.789. The second kappa shape index (κ2) is 6.42. The van der Waals surface area contributed by atoms with Crippen molar-refractivity contribution < 1.29 is 14.7 Å². The Kier molecular flexibility index (Phi) is 4.75. The standard InChI is InChI=1S/C17H20N2O3S/c1-17(2,3)12-9-23-15(13(12)16(21)22)19-14(20)10-5-7-11(18-4)8-6-10/h5-9,18H,1-4H3,(H,19,20)(H,21,22). The first-order chi connectivity index (χ1) is 10.7. The summed E-state index contributed by atoms with van der Waals surface area (Å²) in [6, 6.07) is 6.98. The topological polar surface area (TPSA) is 78.4 Å². The van der Waals surface area contributed by atoms with Crippen LogP contribution in [0.15, 0.2) is 29.6 Å². The van der Waals surface area contributed by atoms with E-state index in [0.717, 1.165) is 11.3 Å². The number of amides is 1. The summed E-state index contributed by atoms with van der Waals surface area (Å²) in [4.78, 5) is 23.9. The number of carboxylic acids is 1. The van der Waals surface area contributed by atoms with E-state index in [-0.39, 0.29) is 16.9 Å². The van der Waals surface area contributed by atoms with Crippen molar-refractivity contribution in [1.82, 2.24) is 0 Å². The third kappa shape index (κ3) is 3.71.